The third-order valence-electron chi connectivity index (χ3n) is 7.75. The van der Waals surface area contributed by atoms with E-state index < -0.39 is 48.5 Å². The summed E-state index contributed by atoms with van der Waals surface area (Å²) in [5, 5.41) is 16.6. The van der Waals surface area contributed by atoms with Crippen LogP contribution in [0.15, 0.2) is 18.5 Å². The predicted octanol–water partition coefficient (Wildman–Crippen LogP) is 3.95. The number of fused-ring (bicyclic) bond motifs is 1. The van der Waals surface area contributed by atoms with Crippen LogP contribution in [-0.4, -0.2) is 50.5 Å². The van der Waals surface area contributed by atoms with Gasteiger partial charge < -0.3 is 16.0 Å². The second-order valence-electron chi connectivity index (χ2n) is 10.1. The maximum absolute atomic E-state index is 14.3. The Balaban J connectivity index is 1.47. The Kier molecular flexibility index (Phi) is 5.66. The topological polar surface area (TPSA) is 112 Å². The lowest BCUT2D eigenvalue weighted by Crippen LogP contribution is -2.60. The van der Waals surface area contributed by atoms with Crippen molar-refractivity contribution in [3.63, 3.8) is 0 Å². The molecule has 3 fully saturated rings. The number of halogens is 4. The molecular formula is C23H27F4N7O. The summed E-state index contributed by atoms with van der Waals surface area (Å²) >= 11 is 0. The monoisotopic (exact) mass is 493 g/mol. The van der Waals surface area contributed by atoms with Crippen molar-refractivity contribution in [2.24, 2.45) is 17.1 Å². The molecule has 35 heavy (non-hydrogen) atoms. The molecule has 3 aliphatic rings. The SMILES string of the molecule is N#CC1([C@H](c2cnn3cc([C@@H](N)C4CCC(F)(F)CC4)nc3c2)N2CC(F)(F)CNC2=O)CCC1. The van der Waals surface area contributed by atoms with Crippen LogP contribution in [0.4, 0.5) is 22.4 Å². The normalized spacial score (nSPS) is 25.4. The number of rotatable bonds is 5. The fourth-order valence-corrected chi connectivity index (χ4v) is 5.58. The van der Waals surface area contributed by atoms with Gasteiger partial charge in [-0.25, -0.2) is 31.9 Å². The molecule has 188 valence electrons. The Hall–Kier alpha value is -2.94. The van der Waals surface area contributed by atoms with Gasteiger partial charge >= 0.3 is 6.03 Å². The Morgan fingerprint density at radius 2 is 1.89 bits per heavy atom. The molecule has 2 saturated carbocycles. The van der Waals surface area contributed by atoms with Crippen LogP contribution in [0.5, 0.6) is 0 Å². The highest BCUT2D eigenvalue weighted by atomic mass is 19.3. The first-order chi connectivity index (χ1) is 16.5. The number of aromatic nitrogens is 3. The van der Waals surface area contributed by atoms with E-state index in [4.69, 9.17) is 5.73 Å². The first-order valence-corrected chi connectivity index (χ1v) is 11.8. The Morgan fingerprint density at radius 3 is 2.51 bits per heavy atom. The Morgan fingerprint density at radius 1 is 1.17 bits per heavy atom. The lowest BCUT2D eigenvalue weighted by atomic mass is 9.63. The smallest absolute Gasteiger partial charge is 0.318 e. The summed E-state index contributed by atoms with van der Waals surface area (Å²) < 4.78 is 57.1. The molecule has 5 rings (SSSR count). The molecule has 2 atom stereocenters. The molecule has 1 saturated heterocycles. The van der Waals surface area contributed by atoms with Crippen molar-refractivity contribution < 1.29 is 22.4 Å². The first kappa shape index (κ1) is 23.8. The summed E-state index contributed by atoms with van der Waals surface area (Å²) in [5.74, 6) is -5.92. The van der Waals surface area contributed by atoms with E-state index in [1.54, 1.807) is 12.3 Å². The minimum atomic E-state index is -3.13. The van der Waals surface area contributed by atoms with Crippen LogP contribution >= 0.6 is 0 Å². The van der Waals surface area contributed by atoms with Gasteiger partial charge in [-0.1, -0.05) is 6.42 Å². The molecule has 2 aromatic rings. The van der Waals surface area contributed by atoms with Gasteiger partial charge in [-0.15, -0.1) is 0 Å². The molecule has 2 aliphatic carbocycles. The standard InChI is InChI=1S/C23H27F4N7O/c24-22(25)6-2-14(3-7-22)18(29)16-10-34-17(32-16)8-15(9-31-34)19(21(11-28)4-1-5-21)33-13-23(26,27)12-30-20(33)35/h8-10,14,18-19H,1-7,12-13,29H2,(H,30,35)/t18-,19-/m0/s1. The van der Waals surface area contributed by atoms with Crippen molar-refractivity contribution in [2.75, 3.05) is 13.1 Å². The highest BCUT2D eigenvalue weighted by Gasteiger charge is 2.53. The van der Waals surface area contributed by atoms with Crippen molar-refractivity contribution in [1.82, 2.24) is 24.8 Å². The number of alkyl halides is 4. The second-order valence-corrected chi connectivity index (χ2v) is 10.1. The maximum atomic E-state index is 14.3. The van der Waals surface area contributed by atoms with Crippen molar-refractivity contribution >= 4 is 11.7 Å². The number of nitrogens with two attached hydrogens (primary N) is 1. The van der Waals surface area contributed by atoms with Gasteiger partial charge in [-0.2, -0.15) is 10.4 Å². The molecule has 2 amide bonds. The van der Waals surface area contributed by atoms with Gasteiger partial charge in [0.05, 0.1) is 54.7 Å². The summed E-state index contributed by atoms with van der Waals surface area (Å²) in [7, 11) is 0. The van der Waals surface area contributed by atoms with Crippen LogP contribution in [0.3, 0.4) is 0 Å². The molecule has 8 nitrogen and oxygen atoms in total. The number of nitrogens with zero attached hydrogens (tertiary/aromatic N) is 5. The third-order valence-corrected chi connectivity index (χ3v) is 7.75. The predicted molar refractivity (Wildman–Crippen MR) is 117 cm³/mol. The number of nitriles is 1. The molecule has 2 aromatic heterocycles. The van der Waals surface area contributed by atoms with Crippen molar-refractivity contribution in [1.29, 1.82) is 5.26 Å². The average molecular weight is 494 g/mol. The molecule has 3 heterocycles. The molecule has 0 radical (unpaired) electrons. The summed E-state index contributed by atoms with van der Waals surface area (Å²) in [4.78, 5) is 18.2. The maximum Gasteiger partial charge on any atom is 0.318 e. The zero-order chi connectivity index (χ0) is 25.0. The number of hydrogen-bond donors (Lipinski definition) is 2. The number of amides is 2. The molecule has 3 N–H and O–H groups in total. The molecule has 0 bridgehead atoms. The zero-order valence-electron chi connectivity index (χ0n) is 19.1. The van der Waals surface area contributed by atoms with Gasteiger partial charge in [-0.05, 0) is 37.7 Å². The van der Waals surface area contributed by atoms with E-state index in [0.717, 1.165) is 11.3 Å². The van der Waals surface area contributed by atoms with Gasteiger partial charge in [0.1, 0.15) is 0 Å². The van der Waals surface area contributed by atoms with Gasteiger partial charge in [0.2, 0.25) is 5.92 Å². The van der Waals surface area contributed by atoms with Crippen LogP contribution in [0.2, 0.25) is 0 Å². The Labute approximate surface area is 199 Å². The van der Waals surface area contributed by atoms with Crippen LogP contribution in [0.25, 0.3) is 5.65 Å². The van der Waals surface area contributed by atoms with E-state index in [1.165, 1.54) is 10.7 Å². The zero-order valence-corrected chi connectivity index (χ0v) is 19.1. The highest BCUT2D eigenvalue weighted by Crippen LogP contribution is 2.53. The average Bonchev–Trinajstić information content (AvgIpc) is 3.21. The summed E-state index contributed by atoms with van der Waals surface area (Å²) in [6, 6.07) is 1.80. The molecule has 1 aliphatic heterocycles. The van der Waals surface area contributed by atoms with E-state index in [1.807, 2.05) is 0 Å². The summed E-state index contributed by atoms with van der Waals surface area (Å²) in [6.07, 6.45) is 5.00. The van der Waals surface area contributed by atoms with Crippen molar-refractivity contribution in [2.45, 2.75) is 68.9 Å². The van der Waals surface area contributed by atoms with Gasteiger partial charge in [0.15, 0.2) is 5.65 Å². The number of carbonyl (C=O) groups is 1. The number of imidazole rings is 1. The highest BCUT2D eigenvalue weighted by molar-refractivity contribution is 5.76. The number of carbonyl (C=O) groups excluding carboxylic acids is 1. The van der Waals surface area contributed by atoms with E-state index in [2.05, 4.69) is 21.5 Å². The van der Waals surface area contributed by atoms with Crippen molar-refractivity contribution in [3.8, 4) is 6.07 Å². The minimum absolute atomic E-state index is 0.136. The van der Waals surface area contributed by atoms with E-state index in [0.29, 0.717) is 42.6 Å². The van der Waals surface area contributed by atoms with E-state index >= 15 is 0 Å². The fraction of sp³-hybridized carbons (Fsp3) is 0.652. The van der Waals surface area contributed by atoms with Crippen molar-refractivity contribution in [3.05, 3.63) is 29.7 Å². The van der Waals surface area contributed by atoms with Gasteiger partial charge in [-0.3, -0.25) is 0 Å². The number of hydrogen-bond acceptors (Lipinski definition) is 5. The van der Waals surface area contributed by atoms with Crippen LogP contribution in [0.1, 0.15) is 68.3 Å². The lowest BCUT2D eigenvalue weighted by molar-refractivity contribution is -0.0627. The van der Waals surface area contributed by atoms with Crippen LogP contribution in [0, 0.1) is 22.7 Å². The third kappa shape index (κ3) is 4.30. The summed E-state index contributed by atoms with van der Waals surface area (Å²) in [5.41, 5.74) is 6.70. The quantitative estimate of drug-likeness (QED) is 0.613. The second kappa shape index (κ2) is 8.33. The molecule has 0 aromatic carbocycles. The van der Waals surface area contributed by atoms with E-state index in [-0.39, 0.29) is 18.8 Å². The molecule has 0 spiro atoms. The minimum Gasteiger partial charge on any atom is -0.332 e. The fourth-order valence-electron chi connectivity index (χ4n) is 5.58. The van der Waals surface area contributed by atoms with Crippen LogP contribution < -0.4 is 11.1 Å². The lowest BCUT2D eigenvalue weighted by Gasteiger charge is -2.49. The molecule has 0 unspecified atom stereocenters. The van der Waals surface area contributed by atoms with Crippen LogP contribution in [-0.2, 0) is 0 Å². The largest absolute Gasteiger partial charge is 0.332 e. The molecular weight excluding hydrogens is 466 g/mol. The van der Waals surface area contributed by atoms with E-state index in [9.17, 15) is 27.6 Å². The van der Waals surface area contributed by atoms with Gasteiger partial charge in [0, 0.05) is 18.4 Å². The Bertz CT molecular complexity index is 1160. The first-order valence-electron chi connectivity index (χ1n) is 11.8. The number of urea groups is 1. The number of nitrogens with one attached hydrogen (secondary N) is 1. The summed E-state index contributed by atoms with van der Waals surface area (Å²) in [6.45, 7) is -1.55. The molecule has 12 heteroatoms. The van der Waals surface area contributed by atoms with Gasteiger partial charge in [0.25, 0.3) is 5.92 Å².